The molecule has 7 heteroatoms. The van der Waals surface area contributed by atoms with Gasteiger partial charge in [-0.1, -0.05) is 42.5 Å². The second kappa shape index (κ2) is 11.4. The van der Waals surface area contributed by atoms with Crippen LogP contribution >= 0.6 is 11.8 Å². The topological polar surface area (TPSA) is 65.1 Å². The Hall–Kier alpha value is -3.71. The number of hydrogen-bond donors (Lipinski definition) is 0. The van der Waals surface area contributed by atoms with E-state index in [-0.39, 0.29) is 24.3 Å². The number of rotatable bonds is 10. The molecule has 0 N–H and O–H groups in total. The predicted octanol–water partition coefficient (Wildman–Crippen LogP) is 5.57. The van der Waals surface area contributed by atoms with Crippen molar-refractivity contribution in [2.75, 3.05) is 26.4 Å². The second-order valence-corrected chi connectivity index (χ2v) is 8.57. The van der Waals surface area contributed by atoms with Crippen LogP contribution in [0.4, 0.5) is 4.79 Å². The van der Waals surface area contributed by atoms with Crippen LogP contribution in [0.25, 0.3) is 6.08 Å². The maximum Gasteiger partial charge on any atom is 0.293 e. The Kier molecular flexibility index (Phi) is 7.88. The number of carbonyl (C=O) groups excluding carboxylic acids is 2. The van der Waals surface area contributed by atoms with Gasteiger partial charge < -0.3 is 14.2 Å². The minimum atomic E-state index is -0.314. The molecular formula is C27H25NO5S. The van der Waals surface area contributed by atoms with Crippen LogP contribution in [0.15, 0.2) is 83.8 Å². The van der Waals surface area contributed by atoms with Crippen molar-refractivity contribution in [3.05, 3.63) is 94.9 Å². The maximum atomic E-state index is 12.8. The third-order valence-corrected chi connectivity index (χ3v) is 5.87. The molecule has 0 radical (unpaired) electrons. The van der Waals surface area contributed by atoms with Crippen molar-refractivity contribution in [2.45, 2.75) is 6.92 Å². The zero-order valence-corrected chi connectivity index (χ0v) is 19.6. The standard InChI is InChI=1S/C27H25NO5S/c1-20-7-5-11-23(17-20)31-14-13-28-26(29)25(34-27(28)30)19-21-8-6-12-24(18-21)33-16-15-32-22-9-3-2-4-10-22/h2-12,17-19H,13-16H2,1H3/b25-19-. The van der Waals surface area contributed by atoms with E-state index in [2.05, 4.69) is 0 Å². The van der Waals surface area contributed by atoms with Gasteiger partial charge in [-0.15, -0.1) is 0 Å². The van der Waals surface area contributed by atoms with E-state index in [4.69, 9.17) is 14.2 Å². The number of amides is 2. The lowest BCUT2D eigenvalue weighted by Crippen LogP contribution is -2.32. The number of imide groups is 1. The van der Waals surface area contributed by atoms with Gasteiger partial charge in [-0.3, -0.25) is 14.5 Å². The molecule has 174 valence electrons. The monoisotopic (exact) mass is 475 g/mol. The predicted molar refractivity (Wildman–Crippen MR) is 133 cm³/mol. The summed E-state index contributed by atoms with van der Waals surface area (Å²) in [5, 5.41) is -0.297. The minimum Gasteiger partial charge on any atom is -0.492 e. The van der Waals surface area contributed by atoms with E-state index in [0.29, 0.717) is 29.6 Å². The molecule has 4 rings (SSSR count). The summed E-state index contributed by atoms with van der Waals surface area (Å²) in [4.78, 5) is 26.7. The number of benzene rings is 3. The highest BCUT2D eigenvalue weighted by Crippen LogP contribution is 2.32. The Morgan fingerprint density at radius 2 is 1.41 bits per heavy atom. The quantitative estimate of drug-likeness (QED) is 0.282. The van der Waals surface area contributed by atoms with Crippen molar-refractivity contribution in [2.24, 2.45) is 0 Å². The van der Waals surface area contributed by atoms with E-state index in [1.165, 1.54) is 4.90 Å². The van der Waals surface area contributed by atoms with E-state index in [1.54, 1.807) is 6.08 Å². The van der Waals surface area contributed by atoms with Crippen LogP contribution in [0.3, 0.4) is 0 Å². The number of ether oxygens (including phenoxy) is 3. The first kappa shape index (κ1) is 23.4. The van der Waals surface area contributed by atoms with Gasteiger partial charge in [-0.05, 0) is 72.3 Å². The van der Waals surface area contributed by atoms with Crippen molar-refractivity contribution < 1.29 is 23.8 Å². The van der Waals surface area contributed by atoms with Gasteiger partial charge in [-0.25, -0.2) is 0 Å². The molecule has 3 aromatic rings. The second-order valence-electron chi connectivity index (χ2n) is 7.58. The number of thioether (sulfide) groups is 1. The minimum absolute atomic E-state index is 0.195. The molecule has 1 saturated heterocycles. The lowest BCUT2D eigenvalue weighted by atomic mass is 10.2. The number of carbonyl (C=O) groups is 2. The molecule has 1 fully saturated rings. The molecule has 0 aromatic heterocycles. The van der Waals surface area contributed by atoms with E-state index >= 15 is 0 Å². The number of hydrogen-bond acceptors (Lipinski definition) is 6. The Balaban J connectivity index is 1.29. The fourth-order valence-corrected chi connectivity index (χ4v) is 4.20. The molecular weight excluding hydrogens is 450 g/mol. The van der Waals surface area contributed by atoms with E-state index in [1.807, 2.05) is 85.8 Å². The van der Waals surface area contributed by atoms with Crippen LogP contribution in [-0.2, 0) is 4.79 Å². The molecule has 3 aromatic carbocycles. The van der Waals surface area contributed by atoms with Gasteiger partial charge in [0.2, 0.25) is 0 Å². The van der Waals surface area contributed by atoms with E-state index in [9.17, 15) is 9.59 Å². The molecule has 2 amide bonds. The molecule has 1 heterocycles. The first-order chi connectivity index (χ1) is 16.6. The summed E-state index contributed by atoms with van der Waals surface area (Å²) in [6, 6.07) is 24.6. The van der Waals surface area contributed by atoms with Crippen LogP contribution in [0, 0.1) is 6.92 Å². The Morgan fingerprint density at radius 3 is 2.18 bits per heavy atom. The normalized spacial score (nSPS) is 14.5. The molecule has 0 aliphatic carbocycles. The van der Waals surface area contributed by atoms with Gasteiger partial charge in [0.05, 0.1) is 11.4 Å². The molecule has 0 bridgehead atoms. The van der Waals surface area contributed by atoms with Gasteiger partial charge in [0.15, 0.2) is 0 Å². The molecule has 0 saturated carbocycles. The molecule has 6 nitrogen and oxygen atoms in total. The van der Waals surface area contributed by atoms with E-state index < -0.39 is 0 Å². The highest BCUT2D eigenvalue weighted by Gasteiger charge is 2.34. The van der Waals surface area contributed by atoms with Gasteiger partial charge in [0.1, 0.15) is 37.1 Å². The average Bonchev–Trinajstić information content (AvgIpc) is 3.10. The van der Waals surface area contributed by atoms with Crippen LogP contribution in [0.2, 0.25) is 0 Å². The first-order valence-corrected chi connectivity index (χ1v) is 11.8. The summed E-state index contributed by atoms with van der Waals surface area (Å²) >= 11 is 0.932. The van der Waals surface area contributed by atoms with Crippen LogP contribution < -0.4 is 14.2 Å². The van der Waals surface area contributed by atoms with Crippen LogP contribution in [-0.4, -0.2) is 42.4 Å². The molecule has 0 unspecified atom stereocenters. The third-order valence-electron chi connectivity index (χ3n) is 4.97. The van der Waals surface area contributed by atoms with Gasteiger partial charge in [-0.2, -0.15) is 0 Å². The zero-order valence-electron chi connectivity index (χ0n) is 18.8. The molecule has 1 aliphatic heterocycles. The lowest BCUT2D eigenvalue weighted by Gasteiger charge is -2.13. The third kappa shape index (κ3) is 6.42. The molecule has 0 spiro atoms. The van der Waals surface area contributed by atoms with Gasteiger partial charge >= 0.3 is 0 Å². The van der Waals surface area contributed by atoms with Crippen molar-refractivity contribution >= 4 is 29.0 Å². The fourth-order valence-electron chi connectivity index (χ4n) is 3.33. The highest BCUT2D eigenvalue weighted by molar-refractivity contribution is 8.18. The summed E-state index contributed by atoms with van der Waals surface area (Å²) in [5.74, 6) is 1.86. The van der Waals surface area contributed by atoms with E-state index in [0.717, 1.165) is 28.6 Å². The SMILES string of the molecule is Cc1cccc(OCCN2C(=O)S/C(=C\c3cccc(OCCOc4ccccc4)c3)C2=O)c1. The van der Waals surface area contributed by atoms with Gasteiger partial charge in [0, 0.05) is 0 Å². The Labute approximate surface area is 203 Å². The molecule has 1 aliphatic rings. The highest BCUT2D eigenvalue weighted by atomic mass is 32.2. The van der Waals surface area contributed by atoms with Gasteiger partial charge in [0.25, 0.3) is 11.1 Å². The van der Waals surface area contributed by atoms with Crippen LogP contribution in [0.5, 0.6) is 17.2 Å². The first-order valence-electron chi connectivity index (χ1n) is 10.9. The van der Waals surface area contributed by atoms with Crippen molar-refractivity contribution in [3.63, 3.8) is 0 Å². The summed E-state index contributed by atoms with van der Waals surface area (Å²) in [7, 11) is 0. The molecule has 34 heavy (non-hydrogen) atoms. The summed E-state index contributed by atoms with van der Waals surface area (Å²) in [5.41, 5.74) is 1.87. The Bertz CT molecular complexity index is 1180. The number of para-hydroxylation sites is 1. The summed E-state index contributed by atoms with van der Waals surface area (Å²) in [6.45, 7) is 3.21. The summed E-state index contributed by atoms with van der Waals surface area (Å²) < 4.78 is 17.1. The Morgan fingerprint density at radius 1 is 0.765 bits per heavy atom. The zero-order chi connectivity index (χ0) is 23.8. The fraction of sp³-hybridized carbons (Fsp3) is 0.185. The van der Waals surface area contributed by atoms with Crippen LogP contribution in [0.1, 0.15) is 11.1 Å². The van der Waals surface area contributed by atoms with Crippen molar-refractivity contribution in [1.29, 1.82) is 0 Å². The number of aryl methyl sites for hydroxylation is 1. The average molecular weight is 476 g/mol. The van der Waals surface area contributed by atoms with Crippen molar-refractivity contribution in [3.8, 4) is 17.2 Å². The lowest BCUT2D eigenvalue weighted by molar-refractivity contribution is -0.123. The maximum absolute atomic E-state index is 12.8. The largest absolute Gasteiger partial charge is 0.492 e. The smallest absolute Gasteiger partial charge is 0.293 e. The van der Waals surface area contributed by atoms with Crippen molar-refractivity contribution in [1.82, 2.24) is 4.90 Å². The molecule has 0 atom stereocenters. The number of nitrogens with zero attached hydrogens (tertiary/aromatic N) is 1. The summed E-state index contributed by atoms with van der Waals surface area (Å²) in [6.07, 6.45) is 1.71.